The molecule has 39 heavy (non-hydrogen) atoms. The first-order valence-corrected chi connectivity index (χ1v) is 14.0. The van der Waals surface area contributed by atoms with Crippen LogP contribution < -0.4 is 0 Å². The lowest BCUT2D eigenvalue weighted by atomic mass is 9.82. The lowest BCUT2D eigenvalue weighted by Gasteiger charge is -2.49. The van der Waals surface area contributed by atoms with Crippen LogP contribution in [-0.2, 0) is 25.6 Å². The fraction of sp³-hybridized carbons (Fsp3) is 0.394. The van der Waals surface area contributed by atoms with E-state index in [0.717, 1.165) is 29.5 Å². The Labute approximate surface area is 230 Å². The number of hydrogen-bond acceptors (Lipinski definition) is 5. The van der Waals surface area contributed by atoms with Crippen LogP contribution in [-0.4, -0.2) is 29.3 Å². The van der Waals surface area contributed by atoms with Gasteiger partial charge >= 0.3 is 12.1 Å². The lowest BCUT2D eigenvalue weighted by Crippen LogP contribution is -2.57. The zero-order chi connectivity index (χ0) is 27.0. The van der Waals surface area contributed by atoms with Crippen LogP contribution in [0.2, 0.25) is 0 Å². The average Bonchev–Trinajstić information content (AvgIpc) is 2.98. The van der Waals surface area contributed by atoms with Crippen molar-refractivity contribution in [3.63, 3.8) is 0 Å². The topological polar surface area (TPSA) is 65.1 Å². The van der Waals surface area contributed by atoms with Crippen LogP contribution in [0, 0.1) is 5.92 Å². The number of rotatable bonds is 7. The lowest BCUT2D eigenvalue weighted by molar-refractivity contribution is -0.248. The van der Waals surface area contributed by atoms with Crippen LogP contribution >= 0.6 is 0 Å². The van der Waals surface area contributed by atoms with Crippen molar-refractivity contribution in [1.82, 2.24) is 4.90 Å². The maximum absolute atomic E-state index is 14.1. The van der Waals surface area contributed by atoms with Crippen molar-refractivity contribution in [3.8, 4) is 0 Å². The van der Waals surface area contributed by atoms with Gasteiger partial charge in [0.2, 0.25) is 6.29 Å². The molecule has 6 nitrogen and oxygen atoms in total. The number of ether oxygens (including phenoxy) is 3. The molecule has 0 bridgehead atoms. The second kappa shape index (κ2) is 12.9. The van der Waals surface area contributed by atoms with E-state index in [1.165, 1.54) is 26.2 Å². The van der Waals surface area contributed by atoms with Crippen LogP contribution in [0.1, 0.15) is 74.3 Å². The van der Waals surface area contributed by atoms with Crippen LogP contribution in [0.4, 0.5) is 4.79 Å². The smallest absolute Gasteiger partial charge is 0.411 e. The van der Waals surface area contributed by atoms with Gasteiger partial charge in [-0.15, -0.1) is 0 Å². The molecule has 1 saturated heterocycles. The fourth-order valence-corrected chi connectivity index (χ4v) is 5.98. The van der Waals surface area contributed by atoms with E-state index in [2.05, 4.69) is 0 Å². The van der Waals surface area contributed by atoms with E-state index >= 15 is 0 Å². The van der Waals surface area contributed by atoms with Crippen molar-refractivity contribution < 1.29 is 23.8 Å². The Morgan fingerprint density at radius 2 is 1.41 bits per heavy atom. The average molecular weight is 528 g/mol. The number of morpholine rings is 1. The molecule has 0 spiro atoms. The van der Waals surface area contributed by atoms with Gasteiger partial charge in [0.05, 0.1) is 12.1 Å². The van der Waals surface area contributed by atoms with Crippen molar-refractivity contribution in [2.45, 2.75) is 76.5 Å². The molecule has 1 unspecified atom stereocenters. The molecular weight excluding hydrogens is 490 g/mol. The number of carbonyl (C=O) groups is 2. The summed E-state index contributed by atoms with van der Waals surface area (Å²) in [4.78, 5) is 28.2. The molecule has 0 aromatic heterocycles. The highest BCUT2D eigenvalue weighted by Gasteiger charge is 2.50. The minimum atomic E-state index is -0.904. The van der Waals surface area contributed by atoms with Gasteiger partial charge in [0.15, 0.2) is 0 Å². The van der Waals surface area contributed by atoms with E-state index in [1.54, 1.807) is 0 Å². The molecule has 3 aromatic rings. The van der Waals surface area contributed by atoms with Crippen LogP contribution in [0.5, 0.6) is 0 Å². The first-order valence-electron chi connectivity index (χ1n) is 14.0. The third-order valence-corrected chi connectivity index (χ3v) is 7.81. The van der Waals surface area contributed by atoms with Crippen LogP contribution in [0.3, 0.4) is 0 Å². The Bertz CT molecular complexity index is 1200. The third-order valence-electron chi connectivity index (χ3n) is 7.81. The van der Waals surface area contributed by atoms with Crippen molar-refractivity contribution >= 4 is 12.1 Å². The zero-order valence-corrected chi connectivity index (χ0v) is 22.5. The van der Waals surface area contributed by atoms with Crippen molar-refractivity contribution in [3.05, 3.63) is 108 Å². The molecule has 1 saturated carbocycles. The maximum atomic E-state index is 14.1. The summed E-state index contributed by atoms with van der Waals surface area (Å²) in [6.45, 7) is 1.54. The van der Waals surface area contributed by atoms with Crippen molar-refractivity contribution in [2.24, 2.45) is 5.92 Å². The van der Waals surface area contributed by atoms with Gasteiger partial charge in [-0.25, -0.2) is 4.79 Å². The number of esters is 1. The number of nitrogens with zero attached hydrogens (tertiary/aromatic N) is 1. The van der Waals surface area contributed by atoms with E-state index in [4.69, 9.17) is 14.2 Å². The number of amides is 1. The summed E-state index contributed by atoms with van der Waals surface area (Å²) in [7, 11) is 0. The van der Waals surface area contributed by atoms with E-state index in [0.29, 0.717) is 12.3 Å². The molecule has 204 valence electrons. The Balaban J connectivity index is 1.56. The van der Waals surface area contributed by atoms with Crippen molar-refractivity contribution in [1.29, 1.82) is 0 Å². The Kier molecular flexibility index (Phi) is 8.94. The second-order valence-electron chi connectivity index (χ2n) is 10.6. The van der Waals surface area contributed by atoms with Gasteiger partial charge in [-0.2, -0.15) is 0 Å². The Morgan fingerprint density at radius 3 is 2.03 bits per heavy atom. The van der Waals surface area contributed by atoms with Gasteiger partial charge in [-0.1, -0.05) is 123 Å². The molecule has 5 rings (SSSR count). The monoisotopic (exact) mass is 527 g/mol. The summed E-state index contributed by atoms with van der Waals surface area (Å²) in [6, 6.07) is 28.5. The minimum absolute atomic E-state index is 0.156. The predicted molar refractivity (Wildman–Crippen MR) is 148 cm³/mol. The molecule has 1 heterocycles. The van der Waals surface area contributed by atoms with Crippen molar-refractivity contribution in [2.75, 3.05) is 0 Å². The summed E-state index contributed by atoms with van der Waals surface area (Å²) in [6.07, 6.45) is 4.55. The van der Waals surface area contributed by atoms with Gasteiger partial charge in [-0.3, -0.25) is 9.69 Å². The Morgan fingerprint density at radius 1 is 0.821 bits per heavy atom. The molecule has 0 radical (unpaired) electrons. The molecule has 1 aliphatic carbocycles. The van der Waals surface area contributed by atoms with Gasteiger partial charge in [0.1, 0.15) is 12.7 Å². The van der Waals surface area contributed by atoms with E-state index in [9.17, 15) is 9.59 Å². The molecule has 4 atom stereocenters. The summed E-state index contributed by atoms with van der Waals surface area (Å²) in [5, 5.41) is 0. The van der Waals surface area contributed by atoms with E-state index in [-0.39, 0.29) is 6.61 Å². The van der Waals surface area contributed by atoms with E-state index < -0.39 is 36.5 Å². The van der Waals surface area contributed by atoms with Gasteiger partial charge in [-0.05, 0) is 29.0 Å². The number of benzene rings is 3. The van der Waals surface area contributed by atoms with Crippen LogP contribution in [0.15, 0.2) is 91.0 Å². The van der Waals surface area contributed by atoms with Gasteiger partial charge < -0.3 is 14.2 Å². The maximum Gasteiger partial charge on any atom is 0.411 e. The second-order valence-corrected chi connectivity index (χ2v) is 10.6. The first kappa shape index (κ1) is 26.9. The third kappa shape index (κ3) is 6.69. The summed E-state index contributed by atoms with van der Waals surface area (Å²) in [5.74, 6) is -0.0178. The normalized spacial score (nSPS) is 23.7. The quantitative estimate of drug-likeness (QED) is 0.300. The summed E-state index contributed by atoms with van der Waals surface area (Å²) >= 11 is 0. The molecule has 1 aliphatic heterocycles. The van der Waals surface area contributed by atoms with Crippen LogP contribution in [0.25, 0.3) is 0 Å². The first-order chi connectivity index (χ1) is 19.1. The number of carbonyl (C=O) groups excluding carboxylic acids is 2. The number of hydrogen-bond donors (Lipinski definition) is 0. The highest BCUT2D eigenvalue weighted by Crippen LogP contribution is 2.46. The SMILES string of the molecule is CC(=O)OC1O[C@@H](c2ccccc2)[C@@H](c2ccccc2)N(C(=O)OCc2ccccc2)[C@H]1CC1CCCCC1. The molecule has 1 amide bonds. The Hall–Kier alpha value is -3.64. The summed E-state index contributed by atoms with van der Waals surface area (Å²) < 4.78 is 18.4. The minimum Gasteiger partial charge on any atom is -0.445 e. The molecule has 2 fully saturated rings. The van der Waals surface area contributed by atoms with Gasteiger partial charge in [0.25, 0.3) is 0 Å². The zero-order valence-electron chi connectivity index (χ0n) is 22.5. The summed E-state index contributed by atoms with van der Waals surface area (Å²) in [5.41, 5.74) is 2.76. The van der Waals surface area contributed by atoms with Gasteiger partial charge in [0, 0.05) is 6.92 Å². The van der Waals surface area contributed by atoms with E-state index in [1.807, 2.05) is 95.9 Å². The predicted octanol–water partition coefficient (Wildman–Crippen LogP) is 7.37. The highest BCUT2D eigenvalue weighted by molar-refractivity contribution is 5.70. The largest absolute Gasteiger partial charge is 0.445 e. The molecule has 2 aliphatic rings. The standard InChI is InChI=1S/C33H37NO5/c1-24(35)38-32-29(22-25-14-6-2-7-15-25)34(33(36)37-23-26-16-8-3-9-17-26)30(27-18-10-4-11-19-27)31(39-32)28-20-12-5-13-21-28/h3-5,8-13,16-21,25,29-32H,2,6-7,14-15,22-23H2,1H3/t29-,30+,31-,32?/m0/s1. The molecule has 6 heteroatoms. The highest BCUT2D eigenvalue weighted by atomic mass is 16.7. The molecule has 0 N–H and O–H groups in total. The molecule has 3 aromatic carbocycles. The fourth-order valence-electron chi connectivity index (χ4n) is 5.98. The molecular formula is C33H37NO5.